The number of aryl methyl sites for hydroxylation is 1. The zero-order valence-electron chi connectivity index (χ0n) is 11.0. The van der Waals surface area contributed by atoms with Crippen LogP contribution in [-0.4, -0.2) is 23.8 Å². The number of urea groups is 1. The Bertz CT molecular complexity index is 525. The lowest BCUT2D eigenvalue weighted by Gasteiger charge is -2.11. The number of hydrogen-bond donors (Lipinski definition) is 3. The van der Waals surface area contributed by atoms with E-state index < -0.39 is 0 Å². The quantitative estimate of drug-likeness (QED) is 0.725. The molecule has 1 aliphatic carbocycles. The first kappa shape index (κ1) is 13.4. The SMILES string of the molecule is CCc1cc(C#CCO)ccc1NC(=O)NC1CC1. The Morgan fingerprint density at radius 2 is 2.26 bits per heavy atom. The third kappa shape index (κ3) is 4.01. The number of carbonyl (C=O) groups excluding carboxylic acids is 1. The fraction of sp³-hybridized carbons (Fsp3) is 0.400. The zero-order chi connectivity index (χ0) is 13.7. The van der Waals surface area contributed by atoms with Crippen molar-refractivity contribution in [1.82, 2.24) is 5.32 Å². The molecule has 2 amide bonds. The summed E-state index contributed by atoms with van der Waals surface area (Å²) in [6, 6.07) is 5.84. The summed E-state index contributed by atoms with van der Waals surface area (Å²) in [6.07, 6.45) is 2.96. The Labute approximate surface area is 113 Å². The van der Waals surface area contributed by atoms with Gasteiger partial charge in [0.15, 0.2) is 0 Å². The van der Waals surface area contributed by atoms with Crippen LogP contribution in [0, 0.1) is 11.8 Å². The molecule has 0 unspecified atom stereocenters. The second-order valence-corrected chi connectivity index (χ2v) is 4.56. The third-order valence-electron chi connectivity index (χ3n) is 2.96. The van der Waals surface area contributed by atoms with E-state index in [1.54, 1.807) is 0 Å². The van der Waals surface area contributed by atoms with Crippen LogP contribution in [0.2, 0.25) is 0 Å². The standard InChI is InChI=1S/C15H18N2O2/c1-2-12-10-11(4-3-9-18)5-8-14(12)17-15(19)16-13-6-7-13/h5,8,10,13,18H,2,6-7,9H2,1H3,(H2,16,17,19). The summed E-state index contributed by atoms with van der Waals surface area (Å²) in [7, 11) is 0. The summed E-state index contributed by atoms with van der Waals surface area (Å²) in [5, 5.41) is 14.4. The summed E-state index contributed by atoms with van der Waals surface area (Å²) < 4.78 is 0. The van der Waals surface area contributed by atoms with Gasteiger partial charge in [0.1, 0.15) is 6.61 Å². The first-order chi connectivity index (χ1) is 9.22. The highest BCUT2D eigenvalue weighted by Crippen LogP contribution is 2.20. The van der Waals surface area contributed by atoms with Gasteiger partial charge in [-0.25, -0.2) is 4.79 Å². The molecule has 3 N–H and O–H groups in total. The normalized spacial score (nSPS) is 13.4. The van der Waals surface area contributed by atoms with Crippen LogP contribution in [0.1, 0.15) is 30.9 Å². The van der Waals surface area contributed by atoms with E-state index in [4.69, 9.17) is 5.11 Å². The van der Waals surface area contributed by atoms with E-state index in [0.29, 0.717) is 6.04 Å². The summed E-state index contributed by atoms with van der Waals surface area (Å²) in [5.41, 5.74) is 2.70. The summed E-state index contributed by atoms with van der Waals surface area (Å²) in [4.78, 5) is 11.7. The molecule has 0 spiro atoms. The number of anilines is 1. The van der Waals surface area contributed by atoms with Crippen molar-refractivity contribution in [3.05, 3.63) is 29.3 Å². The smallest absolute Gasteiger partial charge is 0.319 e. The van der Waals surface area contributed by atoms with Gasteiger partial charge in [-0.2, -0.15) is 0 Å². The molecule has 4 nitrogen and oxygen atoms in total. The molecule has 0 aromatic heterocycles. The molecule has 0 heterocycles. The third-order valence-corrected chi connectivity index (χ3v) is 2.96. The summed E-state index contributed by atoms with van der Waals surface area (Å²) >= 11 is 0. The van der Waals surface area contributed by atoms with Crippen LogP contribution < -0.4 is 10.6 Å². The molecule has 0 saturated heterocycles. The predicted molar refractivity (Wildman–Crippen MR) is 75.0 cm³/mol. The summed E-state index contributed by atoms with van der Waals surface area (Å²) in [5.74, 6) is 5.48. The molecule has 19 heavy (non-hydrogen) atoms. The lowest BCUT2D eigenvalue weighted by molar-refractivity contribution is 0.251. The van der Waals surface area contributed by atoms with Crippen molar-refractivity contribution in [2.75, 3.05) is 11.9 Å². The van der Waals surface area contributed by atoms with Gasteiger partial charge in [0.05, 0.1) is 0 Å². The monoisotopic (exact) mass is 258 g/mol. The fourth-order valence-corrected chi connectivity index (χ4v) is 1.80. The van der Waals surface area contributed by atoms with Crippen molar-refractivity contribution < 1.29 is 9.90 Å². The average Bonchev–Trinajstić information content (AvgIpc) is 3.21. The Morgan fingerprint density at radius 1 is 1.47 bits per heavy atom. The van der Waals surface area contributed by atoms with Gasteiger partial charge in [-0.15, -0.1) is 0 Å². The molecule has 2 rings (SSSR count). The number of hydrogen-bond acceptors (Lipinski definition) is 2. The lowest BCUT2D eigenvalue weighted by Crippen LogP contribution is -2.30. The highest BCUT2D eigenvalue weighted by Gasteiger charge is 2.23. The van der Waals surface area contributed by atoms with Gasteiger partial charge < -0.3 is 15.7 Å². The van der Waals surface area contributed by atoms with Crippen molar-refractivity contribution in [2.24, 2.45) is 0 Å². The van der Waals surface area contributed by atoms with Crippen molar-refractivity contribution in [3.63, 3.8) is 0 Å². The zero-order valence-corrected chi connectivity index (χ0v) is 11.0. The highest BCUT2D eigenvalue weighted by molar-refractivity contribution is 5.90. The number of benzene rings is 1. The molecular weight excluding hydrogens is 240 g/mol. The van der Waals surface area contributed by atoms with Crippen LogP contribution >= 0.6 is 0 Å². The first-order valence-electron chi connectivity index (χ1n) is 6.53. The molecule has 4 heteroatoms. The number of amides is 2. The average molecular weight is 258 g/mol. The van der Waals surface area contributed by atoms with E-state index in [0.717, 1.165) is 36.1 Å². The Hall–Kier alpha value is -1.99. The summed E-state index contributed by atoms with van der Waals surface area (Å²) in [6.45, 7) is 1.88. The predicted octanol–water partition coefficient (Wildman–Crippen LogP) is 1.88. The molecule has 1 aromatic rings. The van der Waals surface area contributed by atoms with E-state index in [9.17, 15) is 4.79 Å². The molecular formula is C15H18N2O2. The van der Waals surface area contributed by atoms with E-state index in [1.807, 2.05) is 25.1 Å². The topological polar surface area (TPSA) is 61.4 Å². The van der Waals surface area contributed by atoms with Crippen molar-refractivity contribution in [3.8, 4) is 11.8 Å². The lowest BCUT2D eigenvalue weighted by atomic mass is 10.1. The second-order valence-electron chi connectivity index (χ2n) is 4.56. The van der Waals surface area contributed by atoms with Gasteiger partial charge in [0.2, 0.25) is 0 Å². The Morgan fingerprint density at radius 3 is 2.89 bits per heavy atom. The van der Waals surface area contributed by atoms with Crippen molar-refractivity contribution in [1.29, 1.82) is 0 Å². The fourth-order valence-electron chi connectivity index (χ4n) is 1.80. The second kappa shape index (κ2) is 6.26. The van der Waals surface area contributed by atoms with Crippen LogP contribution in [0.4, 0.5) is 10.5 Å². The Kier molecular flexibility index (Phi) is 4.43. The van der Waals surface area contributed by atoms with Crippen LogP contribution in [0.3, 0.4) is 0 Å². The number of aliphatic hydroxyl groups is 1. The minimum Gasteiger partial charge on any atom is -0.384 e. The molecule has 100 valence electrons. The number of carbonyl (C=O) groups is 1. The molecule has 0 aliphatic heterocycles. The maximum atomic E-state index is 11.7. The van der Waals surface area contributed by atoms with Crippen LogP contribution in [-0.2, 0) is 6.42 Å². The van der Waals surface area contributed by atoms with Gasteiger partial charge in [-0.3, -0.25) is 0 Å². The maximum absolute atomic E-state index is 11.7. The number of aliphatic hydroxyl groups excluding tert-OH is 1. The van der Waals surface area contributed by atoms with Crippen molar-refractivity contribution in [2.45, 2.75) is 32.2 Å². The van der Waals surface area contributed by atoms with Crippen LogP contribution in [0.15, 0.2) is 18.2 Å². The number of nitrogens with one attached hydrogen (secondary N) is 2. The molecule has 1 aliphatic rings. The van der Waals surface area contributed by atoms with Gasteiger partial charge in [0.25, 0.3) is 0 Å². The number of rotatable bonds is 3. The molecule has 0 bridgehead atoms. The molecule has 1 saturated carbocycles. The Balaban J connectivity index is 2.08. The maximum Gasteiger partial charge on any atom is 0.319 e. The van der Waals surface area contributed by atoms with E-state index in [-0.39, 0.29) is 12.6 Å². The van der Waals surface area contributed by atoms with Gasteiger partial charge in [0, 0.05) is 17.3 Å². The highest BCUT2D eigenvalue weighted by atomic mass is 16.2. The van der Waals surface area contributed by atoms with Crippen molar-refractivity contribution >= 4 is 11.7 Å². The van der Waals surface area contributed by atoms with Crippen LogP contribution in [0.25, 0.3) is 0 Å². The van der Waals surface area contributed by atoms with Crippen LogP contribution in [0.5, 0.6) is 0 Å². The van der Waals surface area contributed by atoms with E-state index >= 15 is 0 Å². The molecule has 0 radical (unpaired) electrons. The largest absolute Gasteiger partial charge is 0.384 e. The molecule has 1 aromatic carbocycles. The van der Waals surface area contributed by atoms with Gasteiger partial charge in [-0.1, -0.05) is 18.8 Å². The van der Waals surface area contributed by atoms with Gasteiger partial charge in [-0.05, 0) is 43.0 Å². The van der Waals surface area contributed by atoms with E-state index in [2.05, 4.69) is 22.5 Å². The van der Waals surface area contributed by atoms with E-state index in [1.165, 1.54) is 0 Å². The molecule has 1 fully saturated rings. The van der Waals surface area contributed by atoms with Gasteiger partial charge >= 0.3 is 6.03 Å². The minimum absolute atomic E-state index is 0.147. The minimum atomic E-state index is -0.148. The first-order valence-corrected chi connectivity index (χ1v) is 6.53. The molecule has 0 atom stereocenters.